The standard InChI is InChI=1S/C24H32N4O/c1-4-19(2)13-27-14-21-15-28(23(29)22-12-25-18-26(22)3)17-24(21,16-27)11-10-20-8-6-5-7-9-20/h4-9,12,18,21H,10-11,13-17H2,1-3H3/b19-4+. The Morgan fingerprint density at radius 3 is 2.72 bits per heavy atom. The highest BCUT2D eigenvalue weighted by Gasteiger charge is 2.53. The lowest BCUT2D eigenvalue weighted by Gasteiger charge is -2.30. The first-order valence-electron chi connectivity index (χ1n) is 10.6. The van der Waals surface area contributed by atoms with E-state index < -0.39 is 0 Å². The quantitative estimate of drug-likeness (QED) is 0.708. The third-order valence-electron chi connectivity index (χ3n) is 6.87. The molecule has 1 aromatic carbocycles. The molecule has 1 aromatic heterocycles. The number of fused-ring (bicyclic) bond motifs is 1. The van der Waals surface area contributed by atoms with E-state index in [2.05, 4.69) is 65.0 Å². The predicted octanol–water partition coefficient (Wildman–Crippen LogP) is 3.39. The number of nitrogens with zero attached hydrogens (tertiary/aromatic N) is 4. The monoisotopic (exact) mass is 392 g/mol. The van der Waals surface area contributed by atoms with Gasteiger partial charge in [-0.2, -0.15) is 0 Å². The second kappa shape index (κ2) is 8.15. The predicted molar refractivity (Wildman–Crippen MR) is 116 cm³/mol. The number of hydrogen-bond donors (Lipinski definition) is 0. The van der Waals surface area contributed by atoms with Crippen LogP contribution in [0.15, 0.2) is 54.5 Å². The largest absolute Gasteiger partial charge is 0.336 e. The van der Waals surface area contributed by atoms with E-state index in [4.69, 9.17) is 0 Å². The molecule has 5 heteroatoms. The molecule has 5 nitrogen and oxygen atoms in total. The van der Waals surface area contributed by atoms with Crippen molar-refractivity contribution in [2.75, 3.05) is 32.7 Å². The number of carbonyl (C=O) groups is 1. The molecule has 0 aliphatic carbocycles. The van der Waals surface area contributed by atoms with Crippen molar-refractivity contribution in [3.8, 4) is 0 Å². The van der Waals surface area contributed by atoms with E-state index >= 15 is 0 Å². The third kappa shape index (κ3) is 4.01. The Morgan fingerprint density at radius 2 is 2.03 bits per heavy atom. The second-order valence-corrected chi connectivity index (χ2v) is 8.93. The van der Waals surface area contributed by atoms with Crippen LogP contribution in [-0.4, -0.2) is 58.0 Å². The first-order valence-corrected chi connectivity index (χ1v) is 10.6. The third-order valence-corrected chi connectivity index (χ3v) is 6.87. The van der Waals surface area contributed by atoms with Crippen LogP contribution in [0.3, 0.4) is 0 Å². The summed E-state index contributed by atoms with van der Waals surface area (Å²) in [6.45, 7) is 9.22. The lowest BCUT2D eigenvalue weighted by molar-refractivity contribution is 0.0748. The van der Waals surface area contributed by atoms with Crippen molar-refractivity contribution in [2.24, 2.45) is 18.4 Å². The van der Waals surface area contributed by atoms with Crippen molar-refractivity contribution in [1.82, 2.24) is 19.4 Å². The van der Waals surface area contributed by atoms with Crippen LogP contribution in [0, 0.1) is 11.3 Å². The van der Waals surface area contributed by atoms with E-state index in [1.54, 1.807) is 12.5 Å². The number of benzene rings is 1. The molecule has 2 atom stereocenters. The molecule has 0 radical (unpaired) electrons. The summed E-state index contributed by atoms with van der Waals surface area (Å²) in [7, 11) is 1.89. The van der Waals surface area contributed by atoms with Gasteiger partial charge in [0, 0.05) is 45.2 Å². The molecule has 1 amide bonds. The Bertz CT molecular complexity index is 887. The maximum absolute atomic E-state index is 13.1. The van der Waals surface area contributed by atoms with E-state index in [9.17, 15) is 4.79 Å². The molecule has 0 spiro atoms. The number of hydrogen-bond acceptors (Lipinski definition) is 3. The van der Waals surface area contributed by atoms with Crippen LogP contribution in [0.4, 0.5) is 0 Å². The topological polar surface area (TPSA) is 41.4 Å². The van der Waals surface area contributed by atoms with E-state index in [0.717, 1.165) is 45.6 Å². The number of imidazole rings is 1. The van der Waals surface area contributed by atoms with Crippen LogP contribution in [0.2, 0.25) is 0 Å². The summed E-state index contributed by atoms with van der Waals surface area (Å²) in [4.78, 5) is 21.9. The molecule has 2 unspecified atom stereocenters. The zero-order chi connectivity index (χ0) is 20.4. The fourth-order valence-electron chi connectivity index (χ4n) is 5.13. The highest BCUT2D eigenvalue weighted by atomic mass is 16.2. The molecular formula is C24H32N4O. The normalized spacial score (nSPS) is 24.9. The average Bonchev–Trinajstić information content (AvgIpc) is 3.39. The minimum atomic E-state index is 0.120. The van der Waals surface area contributed by atoms with Gasteiger partial charge in [-0.05, 0) is 38.2 Å². The van der Waals surface area contributed by atoms with Crippen LogP contribution in [0.25, 0.3) is 0 Å². The van der Waals surface area contributed by atoms with Crippen molar-refractivity contribution >= 4 is 5.91 Å². The molecule has 2 aliphatic rings. The average molecular weight is 393 g/mol. The van der Waals surface area contributed by atoms with Crippen LogP contribution >= 0.6 is 0 Å². The van der Waals surface area contributed by atoms with Gasteiger partial charge >= 0.3 is 0 Å². The maximum atomic E-state index is 13.1. The van der Waals surface area contributed by atoms with Gasteiger partial charge in [-0.3, -0.25) is 9.69 Å². The number of rotatable bonds is 6. The lowest BCUT2D eigenvalue weighted by Crippen LogP contribution is -2.38. The summed E-state index contributed by atoms with van der Waals surface area (Å²) in [5.74, 6) is 0.655. The van der Waals surface area contributed by atoms with Gasteiger partial charge in [-0.1, -0.05) is 42.0 Å². The summed E-state index contributed by atoms with van der Waals surface area (Å²) in [5, 5.41) is 0. The number of aromatic nitrogens is 2. The molecular weight excluding hydrogens is 360 g/mol. The fourth-order valence-corrected chi connectivity index (χ4v) is 5.13. The Morgan fingerprint density at radius 1 is 1.24 bits per heavy atom. The highest BCUT2D eigenvalue weighted by Crippen LogP contribution is 2.46. The smallest absolute Gasteiger partial charge is 0.272 e. The van der Waals surface area contributed by atoms with Crippen LogP contribution in [-0.2, 0) is 13.5 Å². The molecule has 2 fully saturated rings. The lowest BCUT2D eigenvalue weighted by atomic mass is 9.76. The molecule has 3 heterocycles. The van der Waals surface area contributed by atoms with Gasteiger partial charge < -0.3 is 9.47 Å². The summed E-state index contributed by atoms with van der Waals surface area (Å²) < 4.78 is 1.83. The number of allylic oxidation sites excluding steroid dienone is 1. The summed E-state index contributed by atoms with van der Waals surface area (Å²) in [5.41, 5.74) is 3.67. The first kappa shape index (κ1) is 19.9. The van der Waals surface area contributed by atoms with Gasteiger partial charge in [-0.25, -0.2) is 4.98 Å². The fraction of sp³-hybridized carbons (Fsp3) is 0.500. The van der Waals surface area contributed by atoms with E-state index in [0.29, 0.717) is 11.6 Å². The summed E-state index contributed by atoms with van der Waals surface area (Å²) >= 11 is 0. The summed E-state index contributed by atoms with van der Waals surface area (Å²) in [6.07, 6.45) is 7.80. The van der Waals surface area contributed by atoms with Gasteiger partial charge in [0.15, 0.2) is 0 Å². The Balaban J connectivity index is 1.52. The van der Waals surface area contributed by atoms with Gasteiger partial charge in [0.05, 0.1) is 12.5 Å². The minimum absolute atomic E-state index is 0.120. The Hall–Kier alpha value is -2.40. The Kier molecular flexibility index (Phi) is 5.59. The molecule has 154 valence electrons. The molecule has 0 saturated carbocycles. The number of likely N-dealkylation sites (tertiary alicyclic amines) is 2. The van der Waals surface area contributed by atoms with Gasteiger partial charge in [0.2, 0.25) is 0 Å². The van der Waals surface area contributed by atoms with Crippen LogP contribution in [0.1, 0.15) is 36.3 Å². The number of amides is 1. The van der Waals surface area contributed by atoms with E-state index in [1.165, 1.54) is 11.1 Å². The minimum Gasteiger partial charge on any atom is -0.336 e. The van der Waals surface area contributed by atoms with Gasteiger partial charge in [0.25, 0.3) is 5.91 Å². The van der Waals surface area contributed by atoms with E-state index in [1.807, 2.05) is 11.6 Å². The molecule has 2 aliphatic heterocycles. The van der Waals surface area contributed by atoms with Crippen molar-refractivity contribution in [1.29, 1.82) is 0 Å². The first-order chi connectivity index (χ1) is 14.0. The second-order valence-electron chi connectivity index (χ2n) is 8.93. The number of carbonyl (C=O) groups excluding carboxylic acids is 1. The van der Waals surface area contributed by atoms with Crippen LogP contribution < -0.4 is 0 Å². The van der Waals surface area contributed by atoms with E-state index in [-0.39, 0.29) is 11.3 Å². The summed E-state index contributed by atoms with van der Waals surface area (Å²) in [6, 6.07) is 10.7. The highest BCUT2D eigenvalue weighted by molar-refractivity contribution is 5.92. The zero-order valence-corrected chi connectivity index (χ0v) is 17.8. The SMILES string of the molecule is C/C=C(\C)CN1CC2CN(C(=O)c3cncn3C)CC2(CCc2ccccc2)C1. The van der Waals surface area contributed by atoms with Gasteiger partial charge in [-0.15, -0.1) is 0 Å². The van der Waals surface area contributed by atoms with Crippen LogP contribution in [0.5, 0.6) is 0 Å². The zero-order valence-electron chi connectivity index (χ0n) is 17.8. The van der Waals surface area contributed by atoms with Crippen molar-refractivity contribution in [2.45, 2.75) is 26.7 Å². The molecule has 2 saturated heterocycles. The van der Waals surface area contributed by atoms with Crippen molar-refractivity contribution < 1.29 is 4.79 Å². The maximum Gasteiger partial charge on any atom is 0.272 e. The Labute approximate surface area is 174 Å². The number of aryl methyl sites for hydroxylation is 2. The van der Waals surface area contributed by atoms with Crippen molar-refractivity contribution in [3.63, 3.8) is 0 Å². The molecule has 4 rings (SSSR count). The molecule has 29 heavy (non-hydrogen) atoms. The van der Waals surface area contributed by atoms with Crippen molar-refractivity contribution in [3.05, 3.63) is 65.8 Å². The molecule has 2 aromatic rings. The molecule has 0 bridgehead atoms. The molecule has 0 N–H and O–H groups in total. The van der Waals surface area contributed by atoms with Gasteiger partial charge in [0.1, 0.15) is 5.69 Å².